The Bertz CT molecular complexity index is 743. The highest BCUT2D eigenvalue weighted by molar-refractivity contribution is 5.86. The van der Waals surface area contributed by atoms with E-state index in [2.05, 4.69) is 4.74 Å². The van der Waals surface area contributed by atoms with Gasteiger partial charge in [-0.15, -0.1) is 0 Å². The van der Waals surface area contributed by atoms with Crippen LogP contribution in [0.4, 0.5) is 4.39 Å². The van der Waals surface area contributed by atoms with Crippen LogP contribution >= 0.6 is 0 Å². The van der Waals surface area contributed by atoms with E-state index >= 15 is 0 Å². The van der Waals surface area contributed by atoms with Crippen molar-refractivity contribution in [2.75, 3.05) is 7.11 Å². The molecule has 0 saturated carbocycles. The molecule has 126 valence electrons. The Balaban J connectivity index is 2.27. The first-order valence-corrected chi connectivity index (χ1v) is 7.04. The van der Waals surface area contributed by atoms with Crippen molar-refractivity contribution >= 4 is 12.0 Å². The van der Waals surface area contributed by atoms with Gasteiger partial charge in [-0.2, -0.15) is 4.73 Å². The first-order valence-electron chi connectivity index (χ1n) is 7.04. The lowest BCUT2D eigenvalue weighted by Gasteiger charge is -2.11. The molecule has 0 aliphatic carbocycles. The van der Waals surface area contributed by atoms with E-state index in [4.69, 9.17) is 4.74 Å². The molecule has 0 aliphatic heterocycles. The van der Waals surface area contributed by atoms with Crippen LogP contribution in [0.2, 0.25) is 0 Å². The summed E-state index contributed by atoms with van der Waals surface area (Å²) in [6.07, 6.45) is 2.33. The number of esters is 1. The number of rotatable bonds is 6. The lowest BCUT2D eigenvalue weighted by Crippen LogP contribution is -2.35. The fraction of sp³-hybridized carbons (Fsp3) is 0.176. The van der Waals surface area contributed by atoms with Crippen LogP contribution < -0.4 is 9.47 Å². The van der Waals surface area contributed by atoms with Crippen molar-refractivity contribution in [3.8, 4) is 5.75 Å². The molecule has 1 heterocycles. The van der Waals surface area contributed by atoms with Crippen LogP contribution in [0, 0.1) is 11.0 Å². The van der Waals surface area contributed by atoms with Crippen molar-refractivity contribution < 1.29 is 28.5 Å². The van der Waals surface area contributed by atoms with E-state index < -0.39 is 12.6 Å². The molecule has 0 radical (unpaired) electrons. The minimum Gasteiger partial charge on any atom is -0.618 e. The first kappa shape index (κ1) is 17.4. The molecule has 0 unspecified atom stereocenters. The fourth-order valence-corrected chi connectivity index (χ4v) is 1.93. The number of methoxy groups -OCH3 is 1. The summed E-state index contributed by atoms with van der Waals surface area (Å²) in [4.78, 5) is 11.2. The Kier molecular flexibility index (Phi) is 5.86. The largest absolute Gasteiger partial charge is 0.618 e. The number of nitrogens with zero attached hydrogens (tertiary/aromatic N) is 1. The molecule has 0 bridgehead atoms. The SMILES string of the molecule is COC(=O)/C=C/c1c(OCc2ccc(F)cc2)ccc(CO)[n+]1[O-]. The van der Waals surface area contributed by atoms with E-state index in [-0.39, 0.29) is 29.6 Å². The highest BCUT2D eigenvalue weighted by Gasteiger charge is 2.16. The third-order valence-electron chi connectivity index (χ3n) is 3.21. The van der Waals surface area contributed by atoms with Crippen LogP contribution in [-0.2, 0) is 22.7 Å². The number of ether oxygens (including phenoxy) is 2. The number of aliphatic hydroxyl groups excluding tert-OH is 1. The zero-order chi connectivity index (χ0) is 17.5. The van der Waals surface area contributed by atoms with Crippen molar-refractivity contribution in [1.82, 2.24) is 0 Å². The predicted octanol–water partition coefficient (Wildman–Crippen LogP) is 1.72. The van der Waals surface area contributed by atoms with Crippen LogP contribution in [-0.4, -0.2) is 18.2 Å². The minimum atomic E-state index is -0.631. The molecule has 24 heavy (non-hydrogen) atoms. The van der Waals surface area contributed by atoms with Gasteiger partial charge in [-0.05, 0) is 23.8 Å². The number of aromatic nitrogens is 1. The lowest BCUT2D eigenvalue weighted by atomic mass is 10.2. The molecule has 0 amide bonds. The Morgan fingerprint density at radius 3 is 2.62 bits per heavy atom. The smallest absolute Gasteiger partial charge is 0.330 e. The van der Waals surface area contributed by atoms with Gasteiger partial charge in [0.1, 0.15) is 19.0 Å². The van der Waals surface area contributed by atoms with E-state index in [1.54, 1.807) is 12.1 Å². The number of aliphatic hydroxyl groups is 1. The maximum atomic E-state index is 12.9. The Morgan fingerprint density at radius 2 is 2.00 bits per heavy atom. The van der Waals surface area contributed by atoms with E-state index in [9.17, 15) is 19.5 Å². The van der Waals surface area contributed by atoms with E-state index in [1.165, 1.54) is 37.5 Å². The zero-order valence-corrected chi connectivity index (χ0v) is 12.9. The molecule has 2 aromatic rings. The van der Waals surface area contributed by atoms with Gasteiger partial charge in [-0.1, -0.05) is 12.1 Å². The molecule has 0 atom stereocenters. The summed E-state index contributed by atoms with van der Waals surface area (Å²) < 4.78 is 23.4. The second kappa shape index (κ2) is 8.07. The molecular formula is C17H16FNO5. The van der Waals surface area contributed by atoms with Gasteiger partial charge < -0.3 is 19.8 Å². The number of hydrogen-bond donors (Lipinski definition) is 1. The molecule has 6 nitrogen and oxygen atoms in total. The molecule has 2 rings (SSSR count). The van der Waals surface area contributed by atoms with E-state index in [0.29, 0.717) is 10.3 Å². The second-order valence-corrected chi connectivity index (χ2v) is 4.80. The van der Waals surface area contributed by atoms with Gasteiger partial charge in [-0.25, -0.2) is 9.18 Å². The summed E-state index contributed by atoms with van der Waals surface area (Å²) in [5, 5.41) is 21.4. The monoisotopic (exact) mass is 333 g/mol. The van der Waals surface area contributed by atoms with Crippen LogP contribution in [0.15, 0.2) is 42.5 Å². The summed E-state index contributed by atoms with van der Waals surface area (Å²) in [7, 11) is 1.22. The van der Waals surface area contributed by atoms with Crippen LogP contribution in [0.5, 0.6) is 5.75 Å². The molecule has 7 heteroatoms. The van der Waals surface area contributed by atoms with Gasteiger partial charge in [0, 0.05) is 18.2 Å². The number of hydrogen-bond acceptors (Lipinski definition) is 5. The number of benzene rings is 1. The highest BCUT2D eigenvalue weighted by atomic mass is 19.1. The maximum Gasteiger partial charge on any atom is 0.330 e. The topological polar surface area (TPSA) is 82.7 Å². The third kappa shape index (κ3) is 4.30. The predicted molar refractivity (Wildman–Crippen MR) is 83.1 cm³/mol. The summed E-state index contributed by atoms with van der Waals surface area (Å²) >= 11 is 0. The molecule has 0 spiro atoms. The molecule has 1 aromatic heterocycles. The summed E-state index contributed by atoms with van der Waals surface area (Å²) in [6.45, 7) is -0.349. The van der Waals surface area contributed by atoms with Gasteiger partial charge in [0.2, 0.25) is 5.69 Å². The van der Waals surface area contributed by atoms with Crippen LogP contribution in [0.25, 0.3) is 6.08 Å². The van der Waals surface area contributed by atoms with E-state index in [1.807, 2.05) is 0 Å². The number of carbonyl (C=O) groups is 1. The van der Waals surface area contributed by atoms with Crippen LogP contribution in [0.3, 0.4) is 0 Å². The van der Waals surface area contributed by atoms with Crippen molar-refractivity contribution in [3.63, 3.8) is 0 Å². The molecule has 0 fully saturated rings. The molecule has 0 saturated heterocycles. The van der Waals surface area contributed by atoms with Crippen molar-refractivity contribution in [2.45, 2.75) is 13.2 Å². The maximum absolute atomic E-state index is 12.9. The molecule has 1 aromatic carbocycles. The Morgan fingerprint density at radius 1 is 1.29 bits per heavy atom. The fourth-order valence-electron chi connectivity index (χ4n) is 1.93. The Hall–Kier alpha value is -2.93. The van der Waals surface area contributed by atoms with E-state index in [0.717, 1.165) is 6.08 Å². The third-order valence-corrected chi connectivity index (χ3v) is 3.21. The van der Waals surface area contributed by atoms with Gasteiger partial charge >= 0.3 is 5.97 Å². The standard InChI is InChI=1S/C17H16FNO5/c1-23-17(21)9-7-15-16(8-6-14(10-20)19(15)22)24-11-12-2-4-13(18)5-3-12/h2-9,20H,10-11H2,1H3/b9-7+. The lowest BCUT2D eigenvalue weighted by molar-refractivity contribution is -0.618. The average molecular weight is 333 g/mol. The number of carbonyl (C=O) groups excluding carboxylic acids is 1. The van der Waals surface area contributed by atoms with Gasteiger partial charge in [0.05, 0.1) is 7.11 Å². The van der Waals surface area contributed by atoms with Crippen molar-refractivity contribution in [2.24, 2.45) is 0 Å². The van der Waals surface area contributed by atoms with Crippen molar-refractivity contribution in [3.05, 3.63) is 70.5 Å². The number of pyridine rings is 1. The quantitative estimate of drug-likeness (QED) is 0.377. The summed E-state index contributed by atoms with van der Waals surface area (Å²) in [5.74, 6) is -0.772. The summed E-state index contributed by atoms with van der Waals surface area (Å²) in [5.41, 5.74) is 0.866. The van der Waals surface area contributed by atoms with Gasteiger partial charge in [-0.3, -0.25) is 0 Å². The minimum absolute atomic E-state index is 0.0501. The normalized spacial score (nSPS) is 10.8. The molecule has 1 N–H and O–H groups in total. The average Bonchev–Trinajstić information content (AvgIpc) is 2.60. The molecule has 0 aliphatic rings. The van der Waals surface area contributed by atoms with Crippen molar-refractivity contribution in [1.29, 1.82) is 0 Å². The summed E-state index contributed by atoms with van der Waals surface area (Å²) in [6, 6.07) is 8.67. The second-order valence-electron chi connectivity index (χ2n) is 4.80. The van der Waals surface area contributed by atoms with Gasteiger partial charge in [0.25, 0.3) is 5.69 Å². The Labute approximate surface area is 138 Å². The highest BCUT2D eigenvalue weighted by Crippen LogP contribution is 2.19. The van der Waals surface area contributed by atoms with Gasteiger partial charge in [0.15, 0.2) is 5.75 Å². The van der Waals surface area contributed by atoms with Crippen LogP contribution in [0.1, 0.15) is 17.0 Å². The molecular weight excluding hydrogens is 317 g/mol. The number of halogens is 1. The first-order chi connectivity index (χ1) is 11.5. The zero-order valence-electron chi connectivity index (χ0n) is 12.9.